The second kappa shape index (κ2) is 9.74. The average molecular weight is 564 g/mol. The number of halogens is 1. The van der Waals surface area contributed by atoms with Crippen molar-refractivity contribution in [3.8, 4) is 0 Å². The van der Waals surface area contributed by atoms with Gasteiger partial charge < -0.3 is 30.3 Å². The van der Waals surface area contributed by atoms with Crippen LogP contribution in [0.25, 0.3) is 0 Å². The van der Waals surface area contributed by atoms with Gasteiger partial charge >= 0.3 is 0 Å². The molecule has 0 bridgehead atoms. The number of nitrogens with one attached hydrogen (secondary N) is 1. The number of hydrogen-bond acceptors (Lipinski definition) is 7. The predicted molar refractivity (Wildman–Crippen MR) is 130 cm³/mol. The summed E-state index contributed by atoms with van der Waals surface area (Å²) in [5.41, 5.74) is 7.22. The van der Waals surface area contributed by atoms with Gasteiger partial charge in [-0.25, -0.2) is 0 Å². The van der Waals surface area contributed by atoms with Crippen molar-refractivity contribution in [1.82, 2.24) is 10.2 Å². The maximum absolute atomic E-state index is 12.8. The molecule has 2 aliphatic heterocycles. The average Bonchev–Trinajstić information content (AvgIpc) is 3.37. The molecule has 0 spiro atoms. The van der Waals surface area contributed by atoms with Gasteiger partial charge in [-0.3, -0.25) is 9.59 Å². The Hall–Kier alpha value is -2.86. The Morgan fingerprint density at radius 1 is 1.22 bits per heavy atom. The Bertz CT molecular complexity index is 1090. The molecule has 2 aromatic carbocycles. The lowest BCUT2D eigenvalue weighted by Gasteiger charge is -2.31. The summed E-state index contributed by atoms with van der Waals surface area (Å²) in [5, 5.41) is 3.46. The number of anilines is 1. The first-order valence-electron chi connectivity index (χ1n) is 9.71. The lowest BCUT2D eigenvalue weighted by Crippen LogP contribution is -2.39. The van der Waals surface area contributed by atoms with Crippen LogP contribution in [0.2, 0.25) is 0 Å². The second-order valence-electron chi connectivity index (χ2n) is 7.04. The molecule has 0 saturated carbocycles. The standard InChI is InChI=1S/C22H21IN4O4S/c1-26-21(25-17(28)10-14-6-3-2-4-7-14)19(20(24)29)27(16-9-5-8-15(23)11-16)22(26)32-18-12-30-13-31-18/h2-9,11-12,22H,10,13H2,1H3,(H2,24,29)(H,25,28). The van der Waals surface area contributed by atoms with Gasteiger partial charge in [0, 0.05) is 16.3 Å². The molecule has 166 valence electrons. The Morgan fingerprint density at radius 2 is 2.00 bits per heavy atom. The van der Waals surface area contributed by atoms with Crippen molar-refractivity contribution in [3.63, 3.8) is 0 Å². The minimum atomic E-state index is -0.647. The predicted octanol–water partition coefficient (Wildman–Crippen LogP) is 2.88. The highest BCUT2D eigenvalue weighted by molar-refractivity contribution is 14.1. The minimum absolute atomic E-state index is 0.138. The number of nitrogens with two attached hydrogens (primary N) is 1. The van der Waals surface area contributed by atoms with Gasteiger partial charge in [0.1, 0.15) is 12.1 Å². The van der Waals surface area contributed by atoms with Gasteiger partial charge in [-0.15, -0.1) is 0 Å². The third-order valence-electron chi connectivity index (χ3n) is 4.83. The number of amides is 2. The van der Waals surface area contributed by atoms with E-state index < -0.39 is 11.4 Å². The van der Waals surface area contributed by atoms with Crippen molar-refractivity contribution in [3.05, 3.63) is 86.6 Å². The van der Waals surface area contributed by atoms with E-state index >= 15 is 0 Å². The first-order valence-corrected chi connectivity index (χ1v) is 11.7. The molecular formula is C22H21IN4O4S. The van der Waals surface area contributed by atoms with Crippen molar-refractivity contribution in [2.75, 3.05) is 18.7 Å². The maximum atomic E-state index is 12.8. The highest BCUT2D eigenvalue weighted by Crippen LogP contribution is 2.41. The Labute approximate surface area is 203 Å². The molecule has 0 fully saturated rings. The quantitative estimate of drug-likeness (QED) is 0.500. The number of benzene rings is 2. The Balaban J connectivity index is 1.69. The van der Waals surface area contributed by atoms with Gasteiger partial charge in [0.2, 0.25) is 12.7 Å². The van der Waals surface area contributed by atoms with E-state index in [1.807, 2.05) is 54.6 Å². The fraction of sp³-hybridized carbons (Fsp3) is 0.182. The van der Waals surface area contributed by atoms with Gasteiger partial charge in [-0.2, -0.15) is 0 Å². The maximum Gasteiger partial charge on any atom is 0.269 e. The molecular weight excluding hydrogens is 543 g/mol. The van der Waals surface area contributed by atoms with Crippen LogP contribution in [0.1, 0.15) is 5.56 Å². The SMILES string of the molecule is CN1C(NC(=O)Cc2ccccc2)=C(C(N)=O)N(c2cccc(I)c2)C1SC1=COCO1. The van der Waals surface area contributed by atoms with Crippen molar-refractivity contribution >= 4 is 51.9 Å². The van der Waals surface area contributed by atoms with Crippen LogP contribution in [-0.2, 0) is 25.5 Å². The van der Waals surface area contributed by atoms with Gasteiger partial charge in [0.05, 0.1) is 6.42 Å². The molecule has 1 unspecified atom stereocenters. The van der Waals surface area contributed by atoms with Crippen LogP contribution in [0.15, 0.2) is 77.5 Å². The summed E-state index contributed by atoms with van der Waals surface area (Å²) in [7, 11) is 1.79. The molecule has 32 heavy (non-hydrogen) atoms. The summed E-state index contributed by atoms with van der Waals surface area (Å²) in [4.78, 5) is 29.0. The van der Waals surface area contributed by atoms with Crippen molar-refractivity contribution in [2.45, 2.75) is 11.9 Å². The smallest absolute Gasteiger partial charge is 0.269 e. The van der Waals surface area contributed by atoms with E-state index in [-0.39, 0.29) is 24.8 Å². The molecule has 10 heteroatoms. The second-order valence-corrected chi connectivity index (χ2v) is 9.35. The van der Waals surface area contributed by atoms with Crippen LogP contribution in [0.4, 0.5) is 5.69 Å². The first kappa shape index (κ1) is 22.3. The molecule has 1 atom stereocenters. The van der Waals surface area contributed by atoms with E-state index in [0.29, 0.717) is 10.9 Å². The Kier molecular flexibility index (Phi) is 6.80. The number of ether oxygens (including phenoxy) is 2. The molecule has 3 N–H and O–H groups in total. The third-order valence-corrected chi connectivity index (χ3v) is 6.68. The molecule has 4 rings (SSSR count). The molecule has 2 amide bonds. The summed E-state index contributed by atoms with van der Waals surface area (Å²) in [6, 6.07) is 17.1. The monoisotopic (exact) mass is 564 g/mol. The van der Waals surface area contributed by atoms with Gasteiger partial charge in [0.15, 0.2) is 16.3 Å². The van der Waals surface area contributed by atoms with Crippen molar-refractivity contribution in [1.29, 1.82) is 0 Å². The number of thioether (sulfide) groups is 1. The summed E-state index contributed by atoms with van der Waals surface area (Å²) in [6.07, 6.45) is 1.70. The number of nitrogens with zero attached hydrogens (tertiary/aromatic N) is 2. The summed E-state index contributed by atoms with van der Waals surface area (Å²) in [5.74, 6) is -0.551. The number of hydrogen-bond donors (Lipinski definition) is 2. The van der Waals surface area contributed by atoms with Gasteiger partial charge in [0.25, 0.3) is 5.91 Å². The van der Waals surface area contributed by atoms with Crippen LogP contribution < -0.4 is 16.0 Å². The zero-order chi connectivity index (χ0) is 22.7. The molecule has 0 radical (unpaired) electrons. The van der Waals surface area contributed by atoms with Gasteiger partial charge in [-0.1, -0.05) is 36.4 Å². The number of carbonyl (C=O) groups excluding carboxylic acids is 2. The van der Waals surface area contributed by atoms with E-state index in [0.717, 1.165) is 14.8 Å². The molecule has 0 aliphatic carbocycles. The summed E-state index contributed by atoms with van der Waals surface area (Å²) < 4.78 is 11.7. The summed E-state index contributed by atoms with van der Waals surface area (Å²) in [6.45, 7) is 0.138. The lowest BCUT2D eigenvalue weighted by molar-refractivity contribution is -0.120. The molecule has 2 aliphatic rings. The van der Waals surface area contributed by atoms with E-state index in [1.54, 1.807) is 16.8 Å². The fourth-order valence-electron chi connectivity index (χ4n) is 3.42. The van der Waals surface area contributed by atoms with Gasteiger partial charge in [-0.05, 0) is 58.1 Å². The van der Waals surface area contributed by atoms with Crippen LogP contribution in [0.3, 0.4) is 0 Å². The minimum Gasteiger partial charge on any atom is -0.461 e. The third kappa shape index (κ3) is 4.80. The zero-order valence-electron chi connectivity index (χ0n) is 17.2. The van der Waals surface area contributed by atoms with Crippen LogP contribution in [-0.4, -0.2) is 36.1 Å². The molecule has 2 aromatic rings. The first-order chi connectivity index (χ1) is 15.4. The largest absolute Gasteiger partial charge is 0.461 e. The number of primary amides is 1. The van der Waals surface area contributed by atoms with E-state index in [4.69, 9.17) is 15.2 Å². The van der Waals surface area contributed by atoms with Crippen molar-refractivity contribution in [2.24, 2.45) is 5.73 Å². The fourth-order valence-corrected chi connectivity index (χ4v) is 4.99. The van der Waals surface area contributed by atoms with Crippen LogP contribution >= 0.6 is 34.4 Å². The molecule has 2 heterocycles. The summed E-state index contributed by atoms with van der Waals surface area (Å²) >= 11 is 3.56. The van der Waals surface area contributed by atoms with E-state index in [1.165, 1.54) is 18.0 Å². The highest BCUT2D eigenvalue weighted by Gasteiger charge is 2.42. The Morgan fingerprint density at radius 3 is 2.66 bits per heavy atom. The normalized spacial score (nSPS) is 17.7. The topological polar surface area (TPSA) is 97.1 Å². The zero-order valence-corrected chi connectivity index (χ0v) is 20.1. The highest BCUT2D eigenvalue weighted by atomic mass is 127. The van der Waals surface area contributed by atoms with Crippen molar-refractivity contribution < 1.29 is 19.1 Å². The number of carbonyl (C=O) groups is 2. The molecule has 8 nitrogen and oxygen atoms in total. The van der Waals surface area contributed by atoms with E-state index in [9.17, 15) is 9.59 Å². The molecule has 0 aromatic heterocycles. The van der Waals surface area contributed by atoms with Crippen LogP contribution in [0.5, 0.6) is 0 Å². The van der Waals surface area contributed by atoms with E-state index in [2.05, 4.69) is 27.9 Å². The number of rotatable bonds is 7. The van der Waals surface area contributed by atoms with Crippen LogP contribution in [0, 0.1) is 3.57 Å². The lowest BCUT2D eigenvalue weighted by atomic mass is 10.1. The molecule has 0 saturated heterocycles.